The predicted molar refractivity (Wildman–Crippen MR) is 71.7 cm³/mol. The maximum Gasteiger partial charge on any atom is 0.243 e. The Morgan fingerprint density at radius 3 is 2.33 bits per heavy atom. The van der Waals surface area contributed by atoms with Crippen LogP contribution in [0.25, 0.3) is 0 Å². The van der Waals surface area contributed by atoms with Crippen LogP contribution in [-0.2, 0) is 9.59 Å². The highest BCUT2D eigenvalue weighted by molar-refractivity contribution is 8.00. The van der Waals surface area contributed by atoms with Crippen molar-refractivity contribution in [2.45, 2.75) is 33.1 Å². The fraction of sp³-hybridized carbons (Fsp3) is 0.538. The van der Waals surface area contributed by atoms with Crippen LogP contribution in [0.3, 0.4) is 0 Å². The first-order valence-electron chi connectivity index (χ1n) is 6.17. The van der Waals surface area contributed by atoms with Gasteiger partial charge >= 0.3 is 0 Å². The van der Waals surface area contributed by atoms with Crippen LogP contribution in [0.2, 0.25) is 0 Å². The van der Waals surface area contributed by atoms with Gasteiger partial charge in [0, 0.05) is 5.70 Å². The highest BCUT2D eigenvalue weighted by atomic mass is 32.2. The third-order valence-corrected chi connectivity index (χ3v) is 3.44. The van der Waals surface area contributed by atoms with Gasteiger partial charge in [-0.2, -0.15) is 0 Å². The predicted octanol–water partition coefficient (Wildman–Crippen LogP) is 3.04. The topological polar surface area (TPSA) is 37.4 Å². The average Bonchev–Trinajstić information content (AvgIpc) is 2.57. The van der Waals surface area contributed by atoms with E-state index in [9.17, 15) is 14.0 Å². The average molecular weight is 271 g/mol. The van der Waals surface area contributed by atoms with E-state index in [1.165, 1.54) is 22.7 Å². The van der Waals surface area contributed by atoms with Gasteiger partial charge in [-0.3, -0.25) is 14.5 Å². The molecule has 1 saturated heterocycles. The van der Waals surface area contributed by atoms with Gasteiger partial charge in [-0.25, -0.2) is 4.39 Å². The van der Waals surface area contributed by atoms with E-state index in [0.717, 1.165) is 0 Å². The summed E-state index contributed by atoms with van der Waals surface area (Å²) in [4.78, 5) is 24.5. The first-order valence-corrected chi connectivity index (χ1v) is 7.32. The van der Waals surface area contributed by atoms with Crippen molar-refractivity contribution in [2.24, 2.45) is 0 Å². The summed E-state index contributed by atoms with van der Waals surface area (Å²) in [5.74, 6) is 0.0811. The summed E-state index contributed by atoms with van der Waals surface area (Å²) >= 11 is 1.33. The quantitative estimate of drug-likeness (QED) is 0.688. The lowest BCUT2D eigenvalue weighted by Crippen LogP contribution is -2.42. The first kappa shape index (κ1) is 15.0. The van der Waals surface area contributed by atoms with Gasteiger partial charge < -0.3 is 0 Å². The molecule has 1 heterocycles. The SMILES string of the molecule is CC.O=C1CSCC(=O)N1C1=CC=C(F)CCC1. The number of allylic oxidation sites excluding steroid dienone is 4. The van der Waals surface area contributed by atoms with E-state index in [0.29, 0.717) is 36.5 Å². The van der Waals surface area contributed by atoms with Crippen molar-refractivity contribution in [3.8, 4) is 0 Å². The molecule has 0 aromatic rings. The highest BCUT2D eigenvalue weighted by Crippen LogP contribution is 2.24. The fourth-order valence-corrected chi connectivity index (χ4v) is 2.50. The van der Waals surface area contributed by atoms with Crippen molar-refractivity contribution < 1.29 is 14.0 Å². The smallest absolute Gasteiger partial charge is 0.243 e. The lowest BCUT2D eigenvalue weighted by molar-refractivity contribution is -0.139. The van der Waals surface area contributed by atoms with E-state index in [2.05, 4.69) is 0 Å². The Bertz CT molecular complexity index is 374. The molecule has 0 bridgehead atoms. The molecular formula is C13H18FNO2S. The Morgan fingerprint density at radius 1 is 1.11 bits per heavy atom. The molecule has 0 atom stereocenters. The Hall–Kier alpha value is -1.10. The molecular weight excluding hydrogens is 253 g/mol. The maximum absolute atomic E-state index is 13.0. The van der Waals surface area contributed by atoms with E-state index in [4.69, 9.17) is 0 Å². The van der Waals surface area contributed by atoms with E-state index in [-0.39, 0.29) is 17.6 Å². The second-order valence-corrected chi connectivity index (χ2v) is 4.73. The number of thioether (sulfide) groups is 1. The highest BCUT2D eigenvalue weighted by Gasteiger charge is 2.29. The Balaban J connectivity index is 0.000000771. The minimum absolute atomic E-state index is 0.191. The molecule has 2 aliphatic rings. The molecule has 1 fully saturated rings. The van der Waals surface area contributed by atoms with E-state index in [1.807, 2.05) is 13.8 Å². The minimum atomic E-state index is -0.193. The molecule has 1 aliphatic heterocycles. The van der Waals surface area contributed by atoms with Crippen molar-refractivity contribution in [1.82, 2.24) is 4.90 Å². The van der Waals surface area contributed by atoms with E-state index in [1.54, 1.807) is 6.08 Å². The molecule has 3 nitrogen and oxygen atoms in total. The monoisotopic (exact) mass is 271 g/mol. The molecule has 0 N–H and O–H groups in total. The van der Waals surface area contributed by atoms with Crippen LogP contribution in [0.15, 0.2) is 23.7 Å². The number of hydrogen-bond donors (Lipinski definition) is 0. The Kier molecular flexibility index (Phi) is 6.12. The third-order valence-electron chi connectivity index (χ3n) is 2.54. The fourth-order valence-electron chi connectivity index (χ4n) is 1.79. The van der Waals surface area contributed by atoms with Crippen LogP contribution in [0.4, 0.5) is 4.39 Å². The van der Waals surface area contributed by atoms with Gasteiger partial charge in [0.25, 0.3) is 0 Å². The summed E-state index contributed by atoms with van der Waals surface area (Å²) in [5, 5.41) is 0. The van der Waals surface area contributed by atoms with Gasteiger partial charge in [0.05, 0.1) is 17.3 Å². The summed E-state index contributed by atoms with van der Waals surface area (Å²) < 4.78 is 13.0. The van der Waals surface area contributed by atoms with Gasteiger partial charge in [-0.1, -0.05) is 13.8 Å². The van der Waals surface area contributed by atoms with Crippen molar-refractivity contribution in [3.63, 3.8) is 0 Å². The molecule has 2 rings (SSSR count). The summed E-state index contributed by atoms with van der Waals surface area (Å²) in [6.07, 6.45) is 4.49. The lowest BCUT2D eigenvalue weighted by Gasteiger charge is -2.26. The largest absolute Gasteiger partial charge is 0.273 e. The number of carbonyl (C=O) groups is 2. The van der Waals surface area contributed by atoms with Gasteiger partial charge in [0.1, 0.15) is 0 Å². The molecule has 0 aromatic carbocycles. The van der Waals surface area contributed by atoms with Gasteiger partial charge in [0.2, 0.25) is 11.8 Å². The van der Waals surface area contributed by atoms with Gasteiger partial charge in [-0.15, -0.1) is 11.8 Å². The number of rotatable bonds is 1. The summed E-state index contributed by atoms with van der Waals surface area (Å²) in [7, 11) is 0. The number of carbonyl (C=O) groups excluding carboxylic acids is 2. The molecule has 0 saturated carbocycles. The van der Waals surface area contributed by atoms with Crippen LogP contribution in [0.1, 0.15) is 33.1 Å². The van der Waals surface area contributed by atoms with Crippen LogP contribution in [0, 0.1) is 0 Å². The lowest BCUT2D eigenvalue weighted by atomic mass is 10.2. The van der Waals surface area contributed by atoms with Gasteiger partial charge in [0.15, 0.2) is 0 Å². The summed E-state index contributed by atoms with van der Waals surface area (Å²) in [6, 6.07) is 0. The molecule has 0 radical (unpaired) electrons. The van der Waals surface area contributed by atoms with Crippen LogP contribution in [0.5, 0.6) is 0 Å². The molecule has 1 aliphatic carbocycles. The number of imide groups is 1. The number of halogens is 1. The zero-order valence-corrected chi connectivity index (χ0v) is 11.6. The molecule has 0 spiro atoms. The second kappa shape index (κ2) is 7.36. The Labute approximate surface area is 111 Å². The number of nitrogens with zero attached hydrogens (tertiary/aromatic N) is 1. The zero-order chi connectivity index (χ0) is 13.5. The van der Waals surface area contributed by atoms with Crippen LogP contribution < -0.4 is 0 Å². The normalized spacial score (nSPS) is 20.5. The number of amides is 2. The zero-order valence-electron chi connectivity index (χ0n) is 10.7. The standard InChI is InChI=1S/C11H12FNO2S.C2H6/c12-8-2-1-3-9(5-4-8)13-10(14)6-16-7-11(13)15;1-2/h4-5H,1-3,6-7H2;1-2H3. The molecule has 5 heteroatoms. The molecule has 18 heavy (non-hydrogen) atoms. The summed E-state index contributed by atoms with van der Waals surface area (Å²) in [6.45, 7) is 4.00. The molecule has 2 amide bonds. The van der Waals surface area contributed by atoms with E-state index >= 15 is 0 Å². The van der Waals surface area contributed by atoms with Crippen molar-refractivity contribution in [3.05, 3.63) is 23.7 Å². The third kappa shape index (κ3) is 3.70. The number of hydrogen-bond acceptors (Lipinski definition) is 3. The first-order chi connectivity index (χ1) is 8.68. The van der Waals surface area contributed by atoms with Crippen LogP contribution in [-0.4, -0.2) is 28.2 Å². The second-order valence-electron chi connectivity index (χ2n) is 3.74. The maximum atomic E-state index is 13.0. The molecule has 0 aromatic heterocycles. The Morgan fingerprint density at radius 2 is 1.72 bits per heavy atom. The molecule has 100 valence electrons. The van der Waals surface area contributed by atoms with Crippen molar-refractivity contribution in [1.29, 1.82) is 0 Å². The summed E-state index contributed by atoms with van der Waals surface area (Å²) in [5.41, 5.74) is 0.628. The van der Waals surface area contributed by atoms with Crippen molar-refractivity contribution >= 4 is 23.6 Å². The van der Waals surface area contributed by atoms with E-state index < -0.39 is 0 Å². The molecule has 0 unspecified atom stereocenters. The van der Waals surface area contributed by atoms with Crippen LogP contribution >= 0.6 is 11.8 Å². The van der Waals surface area contributed by atoms with Gasteiger partial charge in [-0.05, 0) is 31.4 Å². The minimum Gasteiger partial charge on any atom is -0.273 e. The van der Waals surface area contributed by atoms with Crippen molar-refractivity contribution in [2.75, 3.05) is 11.5 Å².